The van der Waals surface area contributed by atoms with E-state index in [1.807, 2.05) is 0 Å². The van der Waals surface area contributed by atoms with Crippen LogP contribution in [0.1, 0.15) is 70.3 Å². The third-order valence-corrected chi connectivity index (χ3v) is 4.62. The topological polar surface area (TPSA) is 46.8 Å². The third kappa shape index (κ3) is 2.53. The molecular formula is C14H25N5. The van der Waals surface area contributed by atoms with E-state index in [1.54, 1.807) is 0 Å². The van der Waals surface area contributed by atoms with E-state index in [4.69, 9.17) is 0 Å². The Morgan fingerprint density at radius 3 is 2.37 bits per heavy atom. The highest BCUT2D eigenvalue weighted by atomic mass is 15.6. The van der Waals surface area contributed by atoms with E-state index < -0.39 is 0 Å². The highest BCUT2D eigenvalue weighted by Gasteiger charge is 2.32. The fourth-order valence-electron chi connectivity index (χ4n) is 3.71. The molecule has 1 aliphatic carbocycles. The Hall–Kier alpha value is -0.970. The van der Waals surface area contributed by atoms with Crippen molar-refractivity contribution in [3.8, 4) is 0 Å². The first kappa shape index (κ1) is 13.0. The van der Waals surface area contributed by atoms with Crippen molar-refractivity contribution < 1.29 is 0 Å². The van der Waals surface area contributed by atoms with Gasteiger partial charge < -0.3 is 0 Å². The Labute approximate surface area is 115 Å². The SMILES string of the molecule is CC(C)C(c1nnnn1C1CCCC1)N1CCCC1. The molecule has 0 N–H and O–H groups in total. The molecule has 1 saturated carbocycles. The van der Waals surface area contributed by atoms with Gasteiger partial charge in [-0.2, -0.15) is 0 Å². The first-order chi connectivity index (χ1) is 9.27. The van der Waals surface area contributed by atoms with Crippen LogP contribution in [0.25, 0.3) is 0 Å². The molecule has 1 aliphatic heterocycles. The predicted octanol–water partition coefficient (Wildman–Crippen LogP) is 2.58. The number of likely N-dealkylation sites (tertiary alicyclic amines) is 1. The van der Waals surface area contributed by atoms with Gasteiger partial charge in [-0.15, -0.1) is 5.10 Å². The van der Waals surface area contributed by atoms with Crippen molar-refractivity contribution in [3.05, 3.63) is 5.82 Å². The van der Waals surface area contributed by atoms with Crippen LogP contribution in [0.4, 0.5) is 0 Å². The van der Waals surface area contributed by atoms with Gasteiger partial charge in [0.2, 0.25) is 0 Å². The Morgan fingerprint density at radius 2 is 1.74 bits per heavy atom. The molecule has 5 heteroatoms. The molecule has 1 aromatic heterocycles. The van der Waals surface area contributed by atoms with Gasteiger partial charge in [-0.1, -0.05) is 26.7 Å². The summed E-state index contributed by atoms with van der Waals surface area (Å²) in [6.45, 7) is 6.97. The Kier molecular flexibility index (Phi) is 3.82. The Bertz CT molecular complexity index is 402. The fourth-order valence-corrected chi connectivity index (χ4v) is 3.71. The molecule has 0 radical (unpaired) electrons. The second-order valence-electron chi connectivity index (χ2n) is 6.35. The lowest BCUT2D eigenvalue weighted by atomic mass is 10.0. The Balaban J connectivity index is 1.87. The molecule has 2 fully saturated rings. The summed E-state index contributed by atoms with van der Waals surface area (Å²) in [5.74, 6) is 1.66. The van der Waals surface area contributed by atoms with E-state index in [0.717, 1.165) is 5.82 Å². The molecule has 1 saturated heterocycles. The smallest absolute Gasteiger partial charge is 0.168 e. The molecule has 0 aromatic carbocycles. The van der Waals surface area contributed by atoms with Crippen LogP contribution in [0.5, 0.6) is 0 Å². The number of tetrazole rings is 1. The molecular weight excluding hydrogens is 238 g/mol. The van der Waals surface area contributed by atoms with Gasteiger partial charge in [-0.25, -0.2) is 4.68 Å². The molecule has 0 amide bonds. The maximum Gasteiger partial charge on any atom is 0.168 e. The van der Waals surface area contributed by atoms with E-state index in [2.05, 4.69) is 39.0 Å². The van der Waals surface area contributed by atoms with E-state index >= 15 is 0 Å². The quantitative estimate of drug-likeness (QED) is 0.837. The second kappa shape index (κ2) is 5.57. The zero-order chi connectivity index (χ0) is 13.2. The van der Waals surface area contributed by atoms with Crippen molar-refractivity contribution in [3.63, 3.8) is 0 Å². The van der Waals surface area contributed by atoms with Gasteiger partial charge >= 0.3 is 0 Å². The third-order valence-electron chi connectivity index (χ3n) is 4.62. The average molecular weight is 263 g/mol. The molecule has 106 valence electrons. The molecule has 2 aliphatic rings. The van der Waals surface area contributed by atoms with Gasteiger partial charge in [-0.05, 0) is 55.1 Å². The lowest BCUT2D eigenvalue weighted by molar-refractivity contribution is 0.174. The number of aromatic nitrogens is 4. The summed E-state index contributed by atoms with van der Waals surface area (Å²) in [6.07, 6.45) is 7.74. The van der Waals surface area contributed by atoms with Gasteiger partial charge in [0.1, 0.15) is 0 Å². The van der Waals surface area contributed by atoms with Crippen LogP contribution < -0.4 is 0 Å². The first-order valence-corrected chi connectivity index (χ1v) is 7.79. The highest BCUT2D eigenvalue weighted by Crippen LogP contribution is 2.35. The minimum atomic E-state index is 0.387. The molecule has 1 aromatic rings. The molecule has 0 spiro atoms. The number of hydrogen-bond donors (Lipinski definition) is 0. The summed E-state index contributed by atoms with van der Waals surface area (Å²) >= 11 is 0. The average Bonchev–Trinajstić information content (AvgIpc) is 3.11. The lowest BCUT2D eigenvalue weighted by Gasteiger charge is -2.30. The van der Waals surface area contributed by atoms with Crippen LogP contribution >= 0.6 is 0 Å². The van der Waals surface area contributed by atoms with Gasteiger partial charge in [0.05, 0.1) is 12.1 Å². The molecule has 0 bridgehead atoms. The van der Waals surface area contributed by atoms with Gasteiger partial charge in [0, 0.05) is 0 Å². The van der Waals surface area contributed by atoms with Crippen molar-refractivity contribution in [2.24, 2.45) is 5.92 Å². The summed E-state index contributed by atoms with van der Waals surface area (Å²) in [5, 5.41) is 12.7. The zero-order valence-electron chi connectivity index (χ0n) is 12.1. The highest BCUT2D eigenvalue weighted by molar-refractivity contribution is 4.98. The first-order valence-electron chi connectivity index (χ1n) is 7.79. The van der Waals surface area contributed by atoms with E-state index in [9.17, 15) is 0 Å². The van der Waals surface area contributed by atoms with Crippen LogP contribution in [0, 0.1) is 5.92 Å². The van der Waals surface area contributed by atoms with Crippen molar-refractivity contribution in [1.82, 2.24) is 25.1 Å². The number of rotatable bonds is 4. The van der Waals surface area contributed by atoms with E-state index in [-0.39, 0.29) is 0 Å². The zero-order valence-corrected chi connectivity index (χ0v) is 12.1. The van der Waals surface area contributed by atoms with Crippen molar-refractivity contribution >= 4 is 0 Å². The lowest BCUT2D eigenvalue weighted by Crippen LogP contribution is -2.32. The van der Waals surface area contributed by atoms with Gasteiger partial charge in [0.15, 0.2) is 5.82 Å². The number of nitrogens with zero attached hydrogens (tertiary/aromatic N) is 5. The molecule has 5 nitrogen and oxygen atoms in total. The monoisotopic (exact) mass is 263 g/mol. The molecule has 2 heterocycles. The van der Waals surface area contributed by atoms with Crippen LogP contribution in [-0.4, -0.2) is 38.2 Å². The van der Waals surface area contributed by atoms with Gasteiger partial charge in [-0.3, -0.25) is 4.90 Å². The summed E-state index contributed by atoms with van der Waals surface area (Å²) in [5.41, 5.74) is 0. The van der Waals surface area contributed by atoms with Crippen LogP contribution in [0.3, 0.4) is 0 Å². The fraction of sp³-hybridized carbons (Fsp3) is 0.929. The maximum atomic E-state index is 4.39. The molecule has 1 atom stereocenters. The summed E-state index contributed by atoms with van der Waals surface area (Å²) in [7, 11) is 0. The maximum absolute atomic E-state index is 4.39. The van der Waals surface area contributed by atoms with Crippen molar-refractivity contribution in [2.45, 2.75) is 64.5 Å². The number of hydrogen-bond acceptors (Lipinski definition) is 4. The van der Waals surface area contributed by atoms with Crippen molar-refractivity contribution in [1.29, 1.82) is 0 Å². The van der Waals surface area contributed by atoms with E-state index in [0.29, 0.717) is 18.0 Å². The summed E-state index contributed by atoms with van der Waals surface area (Å²) in [6, 6.07) is 0.923. The largest absolute Gasteiger partial charge is 0.293 e. The second-order valence-corrected chi connectivity index (χ2v) is 6.35. The minimum absolute atomic E-state index is 0.387. The summed E-state index contributed by atoms with van der Waals surface area (Å²) in [4.78, 5) is 2.57. The van der Waals surface area contributed by atoms with Gasteiger partial charge in [0.25, 0.3) is 0 Å². The van der Waals surface area contributed by atoms with Crippen LogP contribution in [-0.2, 0) is 0 Å². The van der Waals surface area contributed by atoms with Crippen LogP contribution in [0.2, 0.25) is 0 Å². The minimum Gasteiger partial charge on any atom is -0.293 e. The molecule has 1 unspecified atom stereocenters. The van der Waals surface area contributed by atoms with Crippen molar-refractivity contribution in [2.75, 3.05) is 13.1 Å². The Morgan fingerprint density at radius 1 is 1.05 bits per heavy atom. The van der Waals surface area contributed by atoms with E-state index in [1.165, 1.54) is 51.6 Å². The standard InChI is InChI=1S/C14H25N5/c1-11(2)13(18-9-5-6-10-18)14-15-16-17-19(14)12-7-3-4-8-12/h11-13H,3-10H2,1-2H3. The predicted molar refractivity (Wildman–Crippen MR) is 73.7 cm³/mol. The van der Waals surface area contributed by atoms with Crippen LogP contribution in [0.15, 0.2) is 0 Å². The molecule has 19 heavy (non-hydrogen) atoms. The summed E-state index contributed by atoms with van der Waals surface area (Å²) < 4.78 is 2.13. The normalized spacial score (nSPS) is 23.5. The molecule has 3 rings (SSSR count).